The fraction of sp³-hybridized carbons (Fsp3) is 0.286. The van der Waals surface area contributed by atoms with Gasteiger partial charge in [-0.2, -0.15) is 0 Å². The van der Waals surface area contributed by atoms with Crippen molar-refractivity contribution in [3.05, 3.63) is 42.5 Å². The molecular weight excluding hydrogens is 418 g/mol. The molecule has 0 bridgehead atoms. The molecule has 1 aliphatic rings. The molecule has 1 amide bonds. The van der Waals surface area contributed by atoms with Crippen LogP contribution in [0.4, 0.5) is 17.3 Å². The van der Waals surface area contributed by atoms with Crippen molar-refractivity contribution >= 4 is 35.0 Å². The van der Waals surface area contributed by atoms with Crippen molar-refractivity contribution in [2.75, 3.05) is 43.8 Å². The number of thioether (sulfide) groups is 1. The summed E-state index contributed by atoms with van der Waals surface area (Å²) in [5.74, 6) is 2.82. The highest BCUT2D eigenvalue weighted by Crippen LogP contribution is 2.33. The first-order valence-corrected chi connectivity index (χ1v) is 10.6. The summed E-state index contributed by atoms with van der Waals surface area (Å²) in [5.41, 5.74) is 1.66. The highest BCUT2D eigenvalue weighted by atomic mass is 32.2. The summed E-state index contributed by atoms with van der Waals surface area (Å²) >= 11 is 1.36. The summed E-state index contributed by atoms with van der Waals surface area (Å²) in [5, 5.41) is 12.2. The Balaban J connectivity index is 1.38. The third-order valence-electron chi connectivity index (χ3n) is 4.87. The minimum atomic E-state index is -0.139. The predicted octanol–water partition coefficient (Wildman–Crippen LogP) is 3.19. The van der Waals surface area contributed by atoms with Gasteiger partial charge in [0.05, 0.1) is 27.1 Å². The number of benzene rings is 2. The van der Waals surface area contributed by atoms with Crippen LogP contribution in [0.1, 0.15) is 0 Å². The predicted molar refractivity (Wildman–Crippen MR) is 119 cm³/mol. The molecule has 2 aromatic carbocycles. The van der Waals surface area contributed by atoms with Crippen molar-refractivity contribution in [1.29, 1.82) is 0 Å². The van der Waals surface area contributed by atoms with Crippen LogP contribution in [-0.2, 0) is 11.3 Å². The highest BCUT2D eigenvalue weighted by Gasteiger charge is 2.26. The zero-order valence-corrected chi connectivity index (χ0v) is 18.3. The first kappa shape index (κ1) is 20.9. The number of carbonyl (C=O) groups is 1. The second-order valence-electron chi connectivity index (χ2n) is 6.69. The van der Waals surface area contributed by atoms with Gasteiger partial charge in [0, 0.05) is 30.5 Å². The second kappa shape index (κ2) is 9.17. The fourth-order valence-corrected chi connectivity index (χ4v) is 4.09. The average molecular weight is 442 g/mol. The van der Waals surface area contributed by atoms with Gasteiger partial charge in [0.2, 0.25) is 11.9 Å². The zero-order chi connectivity index (χ0) is 21.8. The van der Waals surface area contributed by atoms with Crippen LogP contribution in [0.3, 0.4) is 0 Å². The van der Waals surface area contributed by atoms with Crippen LogP contribution in [0.2, 0.25) is 0 Å². The normalized spacial score (nSPS) is 12.4. The number of ether oxygens (including phenoxy) is 3. The molecule has 31 heavy (non-hydrogen) atoms. The fourth-order valence-electron chi connectivity index (χ4n) is 3.33. The summed E-state index contributed by atoms with van der Waals surface area (Å²) in [6.45, 7) is 1.55. The second-order valence-corrected chi connectivity index (χ2v) is 7.63. The molecule has 2 heterocycles. The molecule has 0 saturated carbocycles. The lowest BCUT2D eigenvalue weighted by Crippen LogP contribution is -2.15. The van der Waals surface area contributed by atoms with Gasteiger partial charge < -0.3 is 24.4 Å². The van der Waals surface area contributed by atoms with Gasteiger partial charge in [-0.1, -0.05) is 11.8 Å². The third-order valence-corrected chi connectivity index (χ3v) is 5.84. The van der Waals surface area contributed by atoms with Crippen LogP contribution in [0.25, 0.3) is 0 Å². The van der Waals surface area contributed by atoms with Gasteiger partial charge in [-0.3, -0.25) is 9.36 Å². The maximum absolute atomic E-state index is 12.4. The third kappa shape index (κ3) is 4.38. The first-order chi connectivity index (χ1) is 15.1. The zero-order valence-electron chi connectivity index (χ0n) is 17.5. The minimum Gasteiger partial charge on any atom is -0.497 e. The molecule has 0 radical (unpaired) electrons. The first-order valence-electron chi connectivity index (χ1n) is 9.62. The Kier molecular flexibility index (Phi) is 6.17. The van der Waals surface area contributed by atoms with E-state index < -0.39 is 0 Å². The molecular formula is C21H23N5O4S. The number of hydrogen-bond acceptors (Lipinski definition) is 8. The van der Waals surface area contributed by atoms with Crippen LogP contribution < -0.4 is 24.4 Å². The molecule has 9 nitrogen and oxygen atoms in total. The Morgan fingerprint density at radius 2 is 1.77 bits per heavy atom. The topological polar surface area (TPSA) is 90.7 Å². The quantitative estimate of drug-likeness (QED) is 0.533. The number of hydrogen-bond donors (Lipinski definition) is 1. The number of anilines is 3. The van der Waals surface area contributed by atoms with Crippen molar-refractivity contribution in [1.82, 2.24) is 14.8 Å². The van der Waals surface area contributed by atoms with Gasteiger partial charge in [-0.15, -0.1) is 10.2 Å². The van der Waals surface area contributed by atoms with Gasteiger partial charge in [0.25, 0.3) is 0 Å². The van der Waals surface area contributed by atoms with Crippen molar-refractivity contribution in [3.8, 4) is 17.2 Å². The number of nitrogens with zero attached hydrogens (tertiary/aromatic N) is 4. The number of amides is 1. The number of fused-ring (bicyclic) bond motifs is 1. The molecule has 1 aromatic heterocycles. The van der Waals surface area contributed by atoms with E-state index in [9.17, 15) is 4.79 Å². The lowest BCUT2D eigenvalue weighted by Gasteiger charge is -2.15. The SMILES string of the molecule is COc1ccc(N2CCn3c(SCC(=O)Nc4ccc(OC)c(OC)c4)nnc32)cc1. The Morgan fingerprint density at radius 3 is 2.48 bits per heavy atom. The average Bonchev–Trinajstić information content (AvgIpc) is 3.40. The van der Waals surface area contributed by atoms with E-state index in [1.54, 1.807) is 39.5 Å². The van der Waals surface area contributed by atoms with Crippen LogP contribution >= 0.6 is 11.8 Å². The van der Waals surface area contributed by atoms with Crippen LogP contribution in [0, 0.1) is 0 Å². The number of aromatic nitrogens is 3. The summed E-state index contributed by atoms with van der Waals surface area (Å²) in [6.07, 6.45) is 0. The largest absolute Gasteiger partial charge is 0.497 e. The maximum Gasteiger partial charge on any atom is 0.234 e. The molecule has 3 aromatic rings. The minimum absolute atomic E-state index is 0.139. The van der Waals surface area contributed by atoms with Gasteiger partial charge in [-0.25, -0.2) is 0 Å². The van der Waals surface area contributed by atoms with E-state index in [1.807, 2.05) is 28.8 Å². The summed E-state index contributed by atoms with van der Waals surface area (Å²) in [6, 6.07) is 13.1. The van der Waals surface area contributed by atoms with Crippen molar-refractivity contribution in [2.45, 2.75) is 11.7 Å². The van der Waals surface area contributed by atoms with E-state index in [0.717, 1.165) is 30.5 Å². The van der Waals surface area contributed by atoms with E-state index in [-0.39, 0.29) is 11.7 Å². The van der Waals surface area contributed by atoms with Crippen molar-refractivity contribution in [2.24, 2.45) is 0 Å². The van der Waals surface area contributed by atoms with Crippen molar-refractivity contribution < 1.29 is 19.0 Å². The molecule has 4 rings (SSSR count). The Bertz CT molecular complexity index is 1070. The van der Waals surface area contributed by atoms with Crippen LogP contribution in [0.15, 0.2) is 47.6 Å². The Hall–Kier alpha value is -3.40. The summed E-state index contributed by atoms with van der Waals surface area (Å²) in [7, 11) is 4.77. The van der Waals surface area contributed by atoms with Gasteiger partial charge >= 0.3 is 0 Å². The Morgan fingerprint density at radius 1 is 1.00 bits per heavy atom. The number of rotatable bonds is 8. The van der Waals surface area contributed by atoms with E-state index >= 15 is 0 Å². The molecule has 0 fully saturated rings. The highest BCUT2D eigenvalue weighted by molar-refractivity contribution is 7.99. The van der Waals surface area contributed by atoms with E-state index in [1.165, 1.54) is 11.8 Å². The number of nitrogens with one attached hydrogen (secondary N) is 1. The maximum atomic E-state index is 12.4. The molecule has 0 unspecified atom stereocenters. The van der Waals surface area contributed by atoms with Crippen molar-refractivity contribution in [3.63, 3.8) is 0 Å². The van der Waals surface area contributed by atoms with E-state index in [0.29, 0.717) is 22.3 Å². The van der Waals surface area contributed by atoms with E-state index in [4.69, 9.17) is 14.2 Å². The van der Waals surface area contributed by atoms with Gasteiger partial charge in [-0.05, 0) is 36.4 Å². The Labute approximate surface area is 184 Å². The van der Waals surface area contributed by atoms with E-state index in [2.05, 4.69) is 20.4 Å². The standard InChI is InChI=1S/C21H23N5O4S/c1-28-16-7-5-15(6-8-16)25-10-11-26-20(25)23-24-21(26)31-13-19(27)22-14-4-9-17(29-2)18(12-14)30-3/h4-9,12H,10-11,13H2,1-3H3,(H,22,27). The molecule has 0 atom stereocenters. The van der Waals surface area contributed by atoms with Gasteiger partial charge in [0.15, 0.2) is 16.7 Å². The molecule has 0 aliphatic carbocycles. The number of carbonyl (C=O) groups excluding carboxylic acids is 1. The molecule has 162 valence electrons. The summed E-state index contributed by atoms with van der Waals surface area (Å²) < 4.78 is 17.7. The smallest absolute Gasteiger partial charge is 0.234 e. The van der Waals surface area contributed by atoms with Crippen LogP contribution in [-0.4, -0.2) is 54.3 Å². The lowest BCUT2D eigenvalue weighted by atomic mass is 10.2. The monoisotopic (exact) mass is 441 g/mol. The summed E-state index contributed by atoms with van der Waals surface area (Å²) in [4.78, 5) is 14.5. The molecule has 1 N–H and O–H groups in total. The molecule has 0 saturated heterocycles. The molecule has 10 heteroatoms. The van der Waals surface area contributed by atoms with Crippen LogP contribution in [0.5, 0.6) is 17.2 Å². The lowest BCUT2D eigenvalue weighted by molar-refractivity contribution is -0.113. The molecule has 0 spiro atoms. The van der Waals surface area contributed by atoms with Gasteiger partial charge in [0.1, 0.15) is 5.75 Å². The molecule has 1 aliphatic heterocycles. The number of methoxy groups -OCH3 is 3.